The summed E-state index contributed by atoms with van der Waals surface area (Å²) in [4.78, 5) is 21.4. The minimum Gasteiger partial charge on any atom is -0.287 e. The molecule has 0 aliphatic rings. The molecular weight excluding hydrogens is 260 g/mol. The molecule has 3 aromatic rings. The topological polar surface area (TPSA) is 42.9 Å². The quantitative estimate of drug-likeness (QED) is 0.684. The van der Waals surface area contributed by atoms with Crippen molar-refractivity contribution >= 4 is 16.7 Å². The number of carbonyl (C=O) groups is 1. The van der Waals surface area contributed by atoms with E-state index in [1.807, 2.05) is 56.3 Å². The van der Waals surface area contributed by atoms with Gasteiger partial charge >= 0.3 is 0 Å². The number of hydrogen-bond acceptors (Lipinski definition) is 3. The zero-order chi connectivity index (χ0) is 14.8. The van der Waals surface area contributed by atoms with Crippen LogP contribution in [0.25, 0.3) is 10.9 Å². The predicted octanol–water partition coefficient (Wildman–Crippen LogP) is 3.73. The van der Waals surface area contributed by atoms with Crippen LogP contribution >= 0.6 is 0 Å². The third kappa shape index (κ3) is 2.55. The van der Waals surface area contributed by atoms with Gasteiger partial charge in [-0.25, -0.2) is 0 Å². The Morgan fingerprint density at radius 3 is 2.81 bits per heavy atom. The van der Waals surface area contributed by atoms with Gasteiger partial charge in [-0.15, -0.1) is 0 Å². The molecule has 2 aromatic heterocycles. The Hall–Kier alpha value is -2.55. The molecule has 3 rings (SSSR count). The van der Waals surface area contributed by atoms with Gasteiger partial charge in [0, 0.05) is 22.8 Å². The fourth-order valence-electron chi connectivity index (χ4n) is 2.43. The molecule has 2 heterocycles. The third-order valence-electron chi connectivity index (χ3n) is 3.58. The zero-order valence-electron chi connectivity index (χ0n) is 12.1. The molecule has 3 heteroatoms. The maximum atomic E-state index is 12.7. The number of fused-ring (bicyclic) bond motifs is 1. The van der Waals surface area contributed by atoms with Crippen molar-refractivity contribution in [1.82, 2.24) is 9.97 Å². The van der Waals surface area contributed by atoms with Crippen LogP contribution < -0.4 is 0 Å². The first-order valence-electron chi connectivity index (χ1n) is 7.05. The van der Waals surface area contributed by atoms with Crippen molar-refractivity contribution in [2.75, 3.05) is 0 Å². The van der Waals surface area contributed by atoms with Gasteiger partial charge in [-0.05, 0) is 49.2 Å². The Morgan fingerprint density at radius 2 is 2.00 bits per heavy atom. The van der Waals surface area contributed by atoms with Gasteiger partial charge in [0.15, 0.2) is 0 Å². The van der Waals surface area contributed by atoms with E-state index in [1.165, 1.54) is 0 Å². The minimum absolute atomic E-state index is 0.0325. The van der Waals surface area contributed by atoms with E-state index in [0.29, 0.717) is 11.3 Å². The molecule has 104 valence electrons. The number of benzene rings is 1. The minimum atomic E-state index is -0.0325. The summed E-state index contributed by atoms with van der Waals surface area (Å²) < 4.78 is 0. The molecule has 0 N–H and O–H groups in total. The molecule has 21 heavy (non-hydrogen) atoms. The summed E-state index contributed by atoms with van der Waals surface area (Å²) in [7, 11) is 0. The molecule has 0 saturated carbocycles. The Kier molecular flexibility index (Phi) is 3.48. The van der Waals surface area contributed by atoms with Crippen molar-refractivity contribution < 1.29 is 4.79 Å². The molecular formula is C18H16N2O. The summed E-state index contributed by atoms with van der Waals surface area (Å²) in [6, 6.07) is 13.4. The average molecular weight is 276 g/mol. The summed E-state index contributed by atoms with van der Waals surface area (Å²) in [6.07, 6.45) is 2.46. The molecule has 0 amide bonds. The summed E-state index contributed by atoms with van der Waals surface area (Å²) >= 11 is 0. The standard InChI is InChI=1S/C18H16N2O/c1-3-13-5-4-10-19-17(13)18(21)15-8-9-16-14(11-15)7-6-12(2)20-16/h4-11H,3H2,1-2H3. The third-order valence-corrected chi connectivity index (χ3v) is 3.58. The number of aromatic nitrogens is 2. The van der Waals surface area contributed by atoms with Gasteiger partial charge in [0.2, 0.25) is 5.78 Å². The maximum absolute atomic E-state index is 12.7. The predicted molar refractivity (Wildman–Crippen MR) is 83.5 cm³/mol. The Balaban J connectivity index is 2.07. The largest absolute Gasteiger partial charge is 0.287 e. The average Bonchev–Trinajstić information content (AvgIpc) is 2.53. The van der Waals surface area contributed by atoms with Gasteiger partial charge in [0.1, 0.15) is 5.69 Å². The molecule has 1 aromatic carbocycles. The first-order chi connectivity index (χ1) is 10.2. The van der Waals surface area contributed by atoms with Crippen molar-refractivity contribution in [3.8, 4) is 0 Å². The molecule has 0 bridgehead atoms. The Labute approximate surface area is 123 Å². The van der Waals surface area contributed by atoms with E-state index in [0.717, 1.165) is 28.6 Å². The molecule has 0 unspecified atom stereocenters. The summed E-state index contributed by atoms with van der Waals surface area (Å²) in [5, 5.41) is 0.973. The summed E-state index contributed by atoms with van der Waals surface area (Å²) in [6.45, 7) is 3.99. The van der Waals surface area contributed by atoms with Gasteiger partial charge in [0.25, 0.3) is 0 Å². The first kappa shape index (κ1) is 13.4. The van der Waals surface area contributed by atoms with Crippen LogP contribution in [0, 0.1) is 6.92 Å². The summed E-state index contributed by atoms with van der Waals surface area (Å²) in [5.74, 6) is -0.0325. The molecule has 0 fully saturated rings. The number of rotatable bonds is 3. The van der Waals surface area contributed by atoms with Crippen LogP contribution in [0.5, 0.6) is 0 Å². The van der Waals surface area contributed by atoms with Crippen molar-refractivity contribution in [2.24, 2.45) is 0 Å². The second-order valence-electron chi connectivity index (χ2n) is 5.05. The van der Waals surface area contributed by atoms with E-state index in [1.54, 1.807) is 6.20 Å². The highest BCUT2D eigenvalue weighted by molar-refractivity contribution is 6.10. The maximum Gasteiger partial charge on any atom is 0.211 e. The van der Waals surface area contributed by atoms with Crippen molar-refractivity contribution in [2.45, 2.75) is 20.3 Å². The van der Waals surface area contributed by atoms with E-state index >= 15 is 0 Å². The second-order valence-corrected chi connectivity index (χ2v) is 5.05. The fraction of sp³-hybridized carbons (Fsp3) is 0.167. The lowest BCUT2D eigenvalue weighted by Gasteiger charge is -2.06. The molecule has 3 nitrogen and oxygen atoms in total. The highest BCUT2D eigenvalue weighted by atomic mass is 16.1. The number of nitrogens with zero attached hydrogens (tertiary/aromatic N) is 2. The normalized spacial score (nSPS) is 10.8. The van der Waals surface area contributed by atoms with Crippen LogP contribution in [0.4, 0.5) is 0 Å². The first-order valence-corrected chi connectivity index (χ1v) is 7.05. The van der Waals surface area contributed by atoms with Gasteiger partial charge in [-0.3, -0.25) is 14.8 Å². The van der Waals surface area contributed by atoms with E-state index in [-0.39, 0.29) is 5.78 Å². The van der Waals surface area contributed by atoms with Crippen LogP contribution in [0.2, 0.25) is 0 Å². The number of hydrogen-bond donors (Lipinski definition) is 0. The van der Waals surface area contributed by atoms with E-state index in [4.69, 9.17) is 0 Å². The zero-order valence-corrected chi connectivity index (χ0v) is 12.1. The monoisotopic (exact) mass is 276 g/mol. The molecule has 0 atom stereocenters. The van der Waals surface area contributed by atoms with Crippen LogP contribution in [0.1, 0.15) is 34.2 Å². The van der Waals surface area contributed by atoms with E-state index < -0.39 is 0 Å². The SMILES string of the molecule is CCc1cccnc1C(=O)c1ccc2nc(C)ccc2c1. The molecule has 0 aliphatic carbocycles. The lowest BCUT2D eigenvalue weighted by atomic mass is 10.0. The molecule has 0 aliphatic heterocycles. The van der Waals surface area contributed by atoms with Crippen molar-refractivity contribution in [3.05, 3.63) is 71.2 Å². The van der Waals surface area contributed by atoms with E-state index in [9.17, 15) is 4.79 Å². The van der Waals surface area contributed by atoms with Crippen LogP contribution in [-0.4, -0.2) is 15.8 Å². The highest BCUT2D eigenvalue weighted by Crippen LogP contribution is 2.18. The fourth-order valence-corrected chi connectivity index (χ4v) is 2.43. The van der Waals surface area contributed by atoms with E-state index in [2.05, 4.69) is 9.97 Å². The van der Waals surface area contributed by atoms with Crippen molar-refractivity contribution in [1.29, 1.82) is 0 Å². The molecule has 0 radical (unpaired) electrons. The molecule has 0 spiro atoms. The van der Waals surface area contributed by atoms with Gasteiger partial charge in [-0.2, -0.15) is 0 Å². The van der Waals surface area contributed by atoms with Crippen LogP contribution in [0.15, 0.2) is 48.7 Å². The Bertz CT molecular complexity index is 824. The lowest BCUT2D eigenvalue weighted by Crippen LogP contribution is -2.07. The van der Waals surface area contributed by atoms with Gasteiger partial charge in [0.05, 0.1) is 5.52 Å². The van der Waals surface area contributed by atoms with Gasteiger partial charge < -0.3 is 0 Å². The smallest absolute Gasteiger partial charge is 0.211 e. The summed E-state index contributed by atoms with van der Waals surface area (Å²) in [5.41, 5.74) is 4.05. The van der Waals surface area contributed by atoms with Gasteiger partial charge in [-0.1, -0.05) is 19.1 Å². The van der Waals surface area contributed by atoms with Crippen molar-refractivity contribution in [3.63, 3.8) is 0 Å². The second kappa shape index (κ2) is 5.44. The lowest BCUT2D eigenvalue weighted by molar-refractivity contribution is 0.103. The Morgan fingerprint density at radius 1 is 1.14 bits per heavy atom. The van der Waals surface area contributed by atoms with Crippen LogP contribution in [0.3, 0.4) is 0 Å². The molecule has 0 saturated heterocycles. The highest BCUT2D eigenvalue weighted by Gasteiger charge is 2.14. The van der Waals surface area contributed by atoms with Crippen LogP contribution in [-0.2, 0) is 6.42 Å². The number of ketones is 1. The number of aryl methyl sites for hydroxylation is 2. The number of carbonyl (C=O) groups excluding carboxylic acids is 1. The number of pyridine rings is 2.